The largest absolute Gasteiger partial charge is 0.478 e. The summed E-state index contributed by atoms with van der Waals surface area (Å²) in [5, 5.41) is 8.61. The molecular formula is C16H21NO3S. The molecule has 5 heteroatoms. The average molecular weight is 307 g/mol. The van der Waals surface area contributed by atoms with Crippen LogP contribution < -0.4 is 0 Å². The third kappa shape index (κ3) is 3.94. The topological polar surface area (TPSA) is 57.6 Å². The van der Waals surface area contributed by atoms with Crippen LogP contribution in [0.4, 0.5) is 0 Å². The summed E-state index contributed by atoms with van der Waals surface area (Å²) < 4.78 is 0. The van der Waals surface area contributed by atoms with Crippen molar-refractivity contribution < 1.29 is 14.7 Å². The number of nitrogens with zero attached hydrogens (tertiary/aromatic N) is 1. The number of carbonyl (C=O) groups excluding carboxylic acids is 1. The van der Waals surface area contributed by atoms with E-state index in [1.165, 1.54) is 17.4 Å². The van der Waals surface area contributed by atoms with Gasteiger partial charge in [-0.25, -0.2) is 4.79 Å². The summed E-state index contributed by atoms with van der Waals surface area (Å²) >= 11 is 1.34. The van der Waals surface area contributed by atoms with Crippen LogP contribution in [0.5, 0.6) is 0 Å². The van der Waals surface area contributed by atoms with Crippen LogP contribution in [0, 0.1) is 11.3 Å². The molecule has 1 N–H and O–H groups in total. The van der Waals surface area contributed by atoms with Crippen molar-refractivity contribution in [2.75, 3.05) is 13.1 Å². The molecule has 21 heavy (non-hydrogen) atoms. The van der Waals surface area contributed by atoms with Crippen molar-refractivity contribution in [1.82, 2.24) is 4.90 Å². The summed E-state index contributed by atoms with van der Waals surface area (Å²) in [6.45, 7) is 8.25. The summed E-state index contributed by atoms with van der Waals surface area (Å²) in [6, 6.07) is 3.56. The molecule has 1 fully saturated rings. The van der Waals surface area contributed by atoms with E-state index in [1.807, 2.05) is 4.90 Å². The zero-order valence-corrected chi connectivity index (χ0v) is 13.4. The van der Waals surface area contributed by atoms with Crippen LogP contribution >= 0.6 is 11.3 Å². The molecule has 1 aromatic rings. The Kier molecular flexibility index (Phi) is 4.52. The fourth-order valence-corrected chi connectivity index (χ4v) is 3.40. The fourth-order valence-electron chi connectivity index (χ4n) is 2.52. The van der Waals surface area contributed by atoms with E-state index in [1.54, 1.807) is 12.1 Å². The molecule has 2 rings (SSSR count). The minimum Gasteiger partial charge on any atom is -0.478 e. The lowest BCUT2D eigenvalue weighted by Gasteiger charge is -2.26. The van der Waals surface area contributed by atoms with Crippen molar-refractivity contribution in [1.29, 1.82) is 0 Å². The molecule has 1 aromatic heterocycles. The second-order valence-corrected chi connectivity index (χ2v) is 7.59. The Morgan fingerprint density at radius 2 is 2.10 bits per heavy atom. The molecule has 2 heterocycles. The number of thiophene rings is 1. The van der Waals surface area contributed by atoms with Crippen molar-refractivity contribution in [2.45, 2.75) is 27.2 Å². The predicted molar refractivity (Wildman–Crippen MR) is 84.5 cm³/mol. The molecule has 0 spiro atoms. The third-order valence-electron chi connectivity index (χ3n) is 3.93. The molecule has 1 saturated heterocycles. The predicted octanol–water partition coefficient (Wildman–Crippen LogP) is 3.35. The lowest BCUT2D eigenvalue weighted by atomic mass is 9.80. The van der Waals surface area contributed by atoms with E-state index in [0.29, 0.717) is 10.8 Å². The number of carboxylic acids is 1. The molecule has 4 nitrogen and oxygen atoms in total. The lowest BCUT2D eigenvalue weighted by Crippen LogP contribution is -2.30. The van der Waals surface area contributed by atoms with Gasteiger partial charge in [-0.1, -0.05) is 20.8 Å². The minimum atomic E-state index is -0.983. The number of carboxylic acid groups (broad SMARTS) is 1. The average Bonchev–Trinajstić information content (AvgIpc) is 3.04. The normalized spacial score (nSPS) is 19.4. The van der Waals surface area contributed by atoms with Gasteiger partial charge >= 0.3 is 5.97 Å². The molecule has 114 valence electrons. The number of hydrogen-bond acceptors (Lipinski definition) is 3. The number of carbonyl (C=O) groups is 2. The summed E-state index contributed by atoms with van der Waals surface area (Å²) in [4.78, 5) is 26.3. The van der Waals surface area contributed by atoms with Crippen molar-refractivity contribution in [3.05, 3.63) is 28.0 Å². The van der Waals surface area contributed by atoms with Crippen LogP contribution in [0.15, 0.2) is 18.2 Å². The van der Waals surface area contributed by atoms with E-state index in [9.17, 15) is 9.59 Å². The van der Waals surface area contributed by atoms with Gasteiger partial charge < -0.3 is 10.0 Å². The first-order chi connectivity index (χ1) is 9.77. The van der Waals surface area contributed by atoms with E-state index >= 15 is 0 Å². The lowest BCUT2D eigenvalue weighted by molar-refractivity contribution is -0.131. The zero-order valence-electron chi connectivity index (χ0n) is 12.6. The van der Waals surface area contributed by atoms with Gasteiger partial charge in [0.15, 0.2) is 0 Å². The zero-order chi connectivity index (χ0) is 15.6. The van der Waals surface area contributed by atoms with Crippen molar-refractivity contribution in [2.24, 2.45) is 11.3 Å². The molecule has 0 aliphatic carbocycles. The molecular weight excluding hydrogens is 286 g/mol. The molecule has 0 bridgehead atoms. The standard InChI is InChI=1S/C16H21NO3S/c1-16(2,3)11-8-9-17(10-11)15(20)13-6-4-12(21-13)5-7-14(18)19/h4-7,11H,8-10H2,1-3H3,(H,18,19)/b7-5+. The van der Waals surface area contributed by atoms with Crippen molar-refractivity contribution >= 4 is 29.3 Å². The first-order valence-electron chi connectivity index (χ1n) is 7.07. The van der Waals surface area contributed by atoms with Crippen molar-refractivity contribution in [3.63, 3.8) is 0 Å². The Labute approximate surface area is 129 Å². The maximum atomic E-state index is 12.5. The van der Waals surface area contributed by atoms with E-state index in [4.69, 9.17) is 5.11 Å². The van der Waals surface area contributed by atoms with Crippen LogP contribution in [0.3, 0.4) is 0 Å². The number of rotatable bonds is 3. The van der Waals surface area contributed by atoms with Crippen molar-refractivity contribution in [3.8, 4) is 0 Å². The van der Waals surface area contributed by atoms with E-state index < -0.39 is 5.97 Å². The summed E-state index contributed by atoms with van der Waals surface area (Å²) in [6.07, 6.45) is 3.66. The van der Waals surface area contributed by atoms with Gasteiger partial charge in [0.05, 0.1) is 4.88 Å². The molecule has 1 amide bonds. The van der Waals surface area contributed by atoms with Crippen LogP contribution in [-0.2, 0) is 4.79 Å². The highest BCUT2D eigenvalue weighted by molar-refractivity contribution is 7.14. The Morgan fingerprint density at radius 3 is 2.67 bits per heavy atom. The highest BCUT2D eigenvalue weighted by Crippen LogP contribution is 2.34. The van der Waals surface area contributed by atoms with Crippen LogP contribution in [0.25, 0.3) is 6.08 Å². The van der Waals surface area contributed by atoms with Gasteiger partial charge in [0, 0.05) is 24.0 Å². The molecule has 1 unspecified atom stereocenters. The van der Waals surface area contributed by atoms with Crippen LogP contribution in [0.2, 0.25) is 0 Å². The second-order valence-electron chi connectivity index (χ2n) is 6.48. The van der Waals surface area contributed by atoms with Gasteiger partial charge in [0.2, 0.25) is 0 Å². The first kappa shape index (κ1) is 15.8. The second kappa shape index (κ2) is 6.02. The van der Waals surface area contributed by atoms with Gasteiger partial charge in [-0.05, 0) is 36.0 Å². The monoisotopic (exact) mass is 307 g/mol. The van der Waals surface area contributed by atoms with E-state index in [-0.39, 0.29) is 11.3 Å². The Morgan fingerprint density at radius 1 is 1.38 bits per heavy atom. The third-order valence-corrected chi connectivity index (χ3v) is 4.97. The highest BCUT2D eigenvalue weighted by atomic mass is 32.1. The maximum absolute atomic E-state index is 12.5. The number of amides is 1. The first-order valence-corrected chi connectivity index (χ1v) is 7.89. The quantitative estimate of drug-likeness (QED) is 0.871. The van der Waals surface area contributed by atoms with E-state index in [0.717, 1.165) is 30.5 Å². The minimum absolute atomic E-state index is 0.0572. The molecule has 0 radical (unpaired) electrons. The Balaban J connectivity index is 2.03. The molecule has 0 aromatic carbocycles. The van der Waals surface area contributed by atoms with Crippen LogP contribution in [0.1, 0.15) is 41.7 Å². The Hall–Kier alpha value is -1.62. The molecule has 1 aliphatic rings. The van der Waals surface area contributed by atoms with Gasteiger partial charge in [0.25, 0.3) is 5.91 Å². The fraction of sp³-hybridized carbons (Fsp3) is 0.500. The number of aliphatic carboxylic acids is 1. The summed E-state index contributed by atoms with van der Waals surface area (Å²) in [5.41, 5.74) is 0.222. The summed E-state index contributed by atoms with van der Waals surface area (Å²) in [5.74, 6) is -0.390. The van der Waals surface area contributed by atoms with Gasteiger partial charge in [-0.3, -0.25) is 4.79 Å². The molecule has 1 atom stereocenters. The van der Waals surface area contributed by atoms with Crippen LogP contribution in [-0.4, -0.2) is 35.0 Å². The van der Waals surface area contributed by atoms with E-state index in [2.05, 4.69) is 20.8 Å². The van der Waals surface area contributed by atoms with Gasteiger partial charge in [-0.15, -0.1) is 11.3 Å². The number of likely N-dealkylation sites (tertiary alicyclic amines) is 1. The number of hydrogen-bond donors (Lipinski definition) is 1. The van der Waals surface area contributed by atoms with Gasteiger partial charge in [-0.2, -0.15) is 0 Å². The van der Waals surface area contributed by atoms with Gasteiger partial charge in [0.1, 0.15) is 0 Å². The maximum Gasteiger partial charge on any atom is 0.328 e. The highest BCUT2D eigenvalue weighted by Gasteiger charge is 2.34. The summed E-state index contributed by atoms with van der Waals surface area (Å²) in [7, 11) is 0. The molecule has 0 saturated carbocycles. The molecule has 1 aliphatic heterocycles. The Bertz CT molecular complexity index is 568. The SMILES string of the molecule is CC(C)(C)C1CCN(C(=O)c2ccc(/C=C/C(=O)O)s2)C1. The smallest absolute Gasteiger partial charge is 0.328 e.